The minimum Gasteiger partial charge on any atom is -0.383 e. The summed E-state index contributed by atoms with van der Waals surface area (Å²) in [6, 6.07) is 1.01. The second-order valence-electron chi connectivity index (χ2n) is 5.44. The first-order chi connectivity index (χ1) is 8.83. The standard InChI is InChI=1S/C14H26N2OS/c1-3-6-12(9-17-2)15-14-16-13-8-5-4-7-11(13)10-18-14/h11-13H,3-10H2,1-2H3,(H,15,16). The molecule has 3 atom stereocenters. The fraction of sp³-hybridized carbons (Fsp3) is 0.929. The summed E-state index contributed by atoms with van der Waals surface area (Å²) in [6.45, 7) is 3.00. The van der Waals surface area contributed by atoms with E-state index in [-0.39, 0.29) is 0 Å². The summed E-state index contributed by atoms with van der Waals surface area (Å²) in [7, 11) is 1.78. The third kappa shape index (κ3) is 3.89. The lowest BCUT2D eigenvalue weighted by atomic mass is 9.86. The summed E-state index contributed by atoms with van der Waals surface area (Å²) >= 11 is 1.91. The molecule has 1 heterocycles. The van der Waals surface area contributed by atoms with E-state index in [0.717, 1.165) is 24.1 Å². The highest BCUT2D eigenvalue weighted by Crippen LogP contribution is 2.33. The highest BCUT2D eigenvalue weighted by atomic mass is 32.2. The van der Waals surface area contributed by atoms with Gasteiger partial charge >= 0.3 is 0 Å². The molecule has 2 rings (SSSR count). The maximum Gasteiger partial charge on any atom is 0.157 e. The number of thioether (sulfide) groups is 1. The molecule has 0 aromatic carbocycles. The quantitative estimate of drug-likeness (QED) is 0.833. The monoisotopic (exact) mass is 270 g/mol. The van der Waals surface area contributed by atoms with Gasteiger partial charge in [0.15, 0.2) is 5.17 Å². The van der Waals surface area contributed by atoms with Gasteiger partial charge in [-0.25, -0.2) is 0 Å². The van der Waals surface area contributed by atoms with Crippen LogP contribution in [0.25, 0.3) is 0 Å². The van der Waals surface area contributed by atoms with Crippen LogP contribution in [-0.4, -0.2) is 36.7 Å². The van der Waals surface area contributed by atoms with Crippen LogP contribution in [0.4, 0.5) is 0 Å². The molecular weight excluding hydrogens is 244 g/mol. The van der Waals surface area contributed by atoms with E-state index in [1.807, 2.05) is 11.8 Å². The Labute approximate surface area is 115 Å². The van der Waals surface area contributed by atoms with Crippen LogP contribution in [0.5, 0.6) is 0 Å². The first-order valence-corrected chi connectivity index (χ1v) is 8.28. The topological polar surface area (TPSA) is 33.6 Å². The average molecular weight is 270 g/mol. The molecule has 0 radical (unpaired) electrons. The zero-order valence-electron chi connectivity index (χ0n) is 11.7. The highest BCUT2D eigenvalue weighted by molar-refractivity contribution is 8.13. The molecule has 1 aliphatic carbocycles. The van der Waals surface area contributed by atoms with Gasteiger partial charge in [0.2, 0.25) is 0 Å². The van der Waals surface area contributed by atoms with Crippen LogP contribution in [0.2, 0.25) is 0 Å². The van der Waals surface area contributed by atoms with E-state index >= 15 is 0 Å². The first-order valence-electron chi connectivity index (χ1n) is 7.29. The van der Waals surface area contributed by atoms with Gasteiger partial charge in [0, 0.05) is 12.9 Å². The van der Waals surface area contributed by atoms with Crippen LogP contribution >= 0.6 is 11.8 Å². The van der Waals surface area contributed by atoms with Gasteiger partial charge in [-0.3, -0.25) is 4.99 Å². The molecule has 3 nitrogen and oxygen atoms in total. The third-order valence-corrected chi connectivity index (χ3v) is 5.01. The number of methoxy groups -OCH3 is 1. The van der Waals surface area contributed by atoms with Gasteiger partial charge < -0.3 is 10.1 Å². The molecular formula is C14H26N2OS. The molecule has 1 saturated carbocycles. The lowest BCUT2D eigenvalue weighted by molar-refractivity contribution is 0.170. The maximum atomic E-state index is 5.28. The van der Waals surface area contributed by atoms with Crippen LogP contribution in [0.3, 0.4) is 0 Å². The molecule has 0 bridgehead atoms. The van der Waals surface area contributed by atoms with Crippen LogP contribution in [0, 0.1) is 5.92 Å². The van der Waals surface area contributed by atoms with Crippen molar-refractivity contribution < 1.29 is 4.74 Å². The van der Waals surface area contributed by atoms with Gasteiger partial charge in [-0.1, -0.05) is 37.9 Å². The molecule has 0 aromatic heterocycles. The van der Waals surface area contributed by atoms with Gasteiger partial charge in [0.05, 0.1) is 18.7 Å². The van der Waals surface area contributed by atoms with Gasteiger partial charge in [-0.05, 0) is 25.2 Å². The number of aliphatic imine (C=N–C) groups is 1. The Morgan fingerprint density at radius 3 is 3.06 bits per heavy atom. The summed E-state index contributed by atoms with van der Waals surface area (Å²) < 4.78 is 5.28. The van der Waals surface area contributed by atoms with Crippen molar-refractivity contribution in [2.24, 2.45) is 10.9 Å². The Bertz CT molecular complexity index is 277. The number of ether oxygens (including phenoxy) is 1. The summed E-state index contributed by atoms with van der Waals surface area (Å²) in [4.78, 5) is 4.92. The first kappa shape index (κ1) is 14.2. The predicted octanol–water partition coefficient (Wildman–Crippen LogP) is 3.05. The summed E-state index contributed by atoms with van der Waals surface area (Å²) in [6.07, 6.45) is 7.78. The third-order valence-electron chi connectivity index (χ3n) is 3.92. The van der Waals surface area contributed by atoms with Crippen LogP contribution in [-0.2, 0) is 4.74 Å². The molecule has 104 valence electrons. The van der Waals surface area contributed by atoms with Crippen molar-refractivity contribution in [2.75, 3.05) is 19.5 Å². The number of nitrogens with one attached hydrogen (secondary N) is 1. The van der Waals surface area contributed by atoms with Crippen LogP contribution in [0.1, 0.15) is 45.4 Å². The number of amidine groups is 1. The second-order valence-corrected chi connectivity index (χ2v) is 6.45. The van der Waals surface area contributed by atoms with Crippen LogP contribution < -0.4 is 5.32 Å². The number of rotatable bonds is 5. The zero-order chi connectivity index (χ0) is 12.8. The van der Waals surface area contributed by atoms with E-state index in [4.69, 9.17) is 9.73 Å². The van der Waals surface area contributed by atoms with E-state index in [2.05, 4.69) is 12.2 Å². The molecule has 1 N–H and O–H groups in total. The Morgan fingerprint density at radius 1 is 1.44 bits per heavy atom. The Balaban J connectivity index is 1.89. The highest BCUT2D eigenvalue weighted by Gasteiger charge is 2.29. The van der Waals surface area contributed by atoms with Crippen molar-refractivity contribution in [3.63, 3.8) is 0 Å². The van der Waals surface area contributed by atoms with E-state index < -0.39 is 0 Å². The van der Waals surface area contributed by atoms with E-state index in [0.29, 0.717) is 12.1 Å². The molecule has 0 saturated heterocycles. The fourth-order valence-corrected chi connectivity index (χ4v) is 4.15. The predicted molar refractivity (Wildman–Crippen MR) is 79.3 cm³/mol. The Hall–Kier alpha value is -0.220. The molecule has 0 aromatic rings. The van der Waals surface area contributed by atoms with Crippen molar-refractivity contribution in [1.29, 1.82) is 0 Å². The number of fused-ring (bicyclic) bond motifs is 1. The molecule has 4 heteroatoms. The fourth-order valence-electron chi connectivity index (χ4n) is 2.93. The summed E-state index contributed by atoms with van der Waals surface area (Å²) in [5, 5.41) is 4.74. The number of hydrogen-bond donors (Lipinski definition) is 1. The average Bonchev–Trinajstić information content (AvgIpc) is 2.39. The lowest BCUT2D eigenvalue weighted by Crippen LogP contribution is -2.41. The van der Waals surface area contributed by atoms with Gasteiger partial charge in [0.25, 0.3) is 0 Å². The van der Waals surface area contributed by atoms with E-state index in [1.165, 1.54) is 37.9 Å². The smallest absolute Gasteiger partial charge is 0.157 e. The van der Waals surface area contributed by atoms with Crippen LogP contribution in [0.15, 0.2) is 4.99 Å². The van der Waals surface area contributed by atoms with Crippen molar-refractivity contribution in [2.45, 2.75) is 57.5 Å². The van der Waals surface area contributed by atoms with Crippen molar-refractivity contribution in [1.82, 2.24) is 5.32 Å². The zero-order valence-corrected chi connectivity index (χ0v) is 12.5. The van der Waals surface area contributed by atoms with E-state index in [9.17, 15) is 0 Å². The molecule has 0 amide bonds. The summed E-state index contributed by atoms with van der Waals surface area (Å²) in [5.41, 5.74) is 0. The Morgan fingerprint density at radius 2 is 2.28 bits per heavy atom. The molecule has 3 unspecified atom stereocenters. The van der Waals surface area contributed by atoms with Crippen molar-refractivity contribution in [3.05, 3.63) is 0 Å². The van der Waals surface area contributed by atoms with Gasteiger partial charge in [-0.2, -0.15) is 0 Å². The second kappa shape index (κ2) is 7.39. The minimum atomic E-state index is 0.423. The minimum absolute atomic E-state index is 0.423. The van der Waals surface area contributed by atoms with Crippen molar-refractivity contribution in [3.8, 4) is 0 Å². The lowest BCUT2D eigenvalue weighted by Gasteiger charge is -2.33. The molecule has 1 aliphatic heterocycles. The largest absolute Gasteiger partial charge is 0.383 e. The number of hydrogen-bond acceptors (Lipinski definition) is 4. The van der Waals surface area contributed by atoms with Crippen molar-refractivity contribution >= 4 is 16.9 Å². The van der Waals surface area contributed by atoms with E-state index in [1.54, 1.807) is 7.11 Å². The molecule has 18 heavy (non-hydrogen) atoms. The normalized spacial score (nSPS) is 29.3. The Kier molecular flexibility index (Phi) is 5.83. The molecule has 0 spiro atoms. The molecule has 2 aliphatic rings. The van der Waals surface area contributed by atoms with Gasteiger partial charge in [-0.15, -0.1) is 0 Å². The number of nitrogens with zero attached hydrogens (tertiary/aromatic N) is 1. The SMILES string of the molecule is CCCC(COC)NC1=NC2CCCCC2CS1. The van der Waals surface area contributed by atoms with Gasteiger partial charge in [0.1, 0.15) is 0 Å². The maximum absolute atomic E-state index is 5.28. The molecule has 1 fully saturated rings. The summed E-state index contributed by atoms with van der Waals surface area (Å²) in [5.74, 6) is 2.09.